The fourth-order valence-electron chi connectivity index (χ4n) is 2.17. The SMILES string of the molecule is N#C/C(=C\c1ccc(-c2cccc(Cl)c2)o1)c1ccccc1. The maximum atomic E-state index is 9.32. The Morgan fingerprint density at radius 1 is 1.00 bits per heavy atom. The van der Waals surface area contributed by atoms with Crippen LogP contribution in [0, 0.1) is 11.3 Å². The zero-order chi connectivity index (χ0) is 15.4. The minimum Gasteiger partial charge on any atom is -0.457 e. The highest BCUT2D eigenvalue weighted by Crippen LogP contribution is 2.26. The Kier molecular flexibility index (Phi) is 4.09. The molecule has 0 aliphatic carbocycles. The highest BCUT2D eigenvalue weighted by atomic mass is 35.5. The number of halogens is 1. The van der Waals surface area contributed by atoms with Crippen LogP contribution in [0.4, 0.5) is 0 Å². The number of furan rings is 1. The standard InChI is InChI=1S/C19H12ClNO/c20-17-8-4-7-15(11-17)19-10-9-18(22-19)12-16(13-21)14-5-2-1-3-6-14/h1-12H/b16-12+. The summed E-state index contributed by atoms with van der Waals surface area (Å²) in [4.78, 5) is 0. The largest absolute Gasteiger partial charge is 0.457 e. The fraction of sp³-hybridized carbons (Fsp3) is 0. The Bertz CT molecular complexity index is 856. The topological polar surface area (TPSA) is 36.9 Å². The zero-order valence-electron chi connectivity index (χ0n) is 11.7. The van der Waals surface area contributed by atoms with Crippen LogP contribution in [-0.4, -0.2) is 0 Å². The van der Waals surface area contributed by atoms with E-state index >= 15 is 0 Å². The number of nitrogens with zero attached hydrogens (tertiary/aromatic N) is 1. The molecule has 106 valence electrons. The molecule has 0 fully saturated rings. The summed E-state index contributed by atoms with van der Waals surface area (Å²) >= 11 is 5.99. The maximum Gasteiger partial charge on any atom is 0.134 e. The second kappa shape index (κ2) is 6.34. The molecule has 2 nitrogen and oxygen atoms in total. The number of allylic oxidation sites excluding steroid dienone is 1. The molecule has 3 rings (SSSR count). The van der Waals surface area contributed by atoms with Crippen molar-refractivity contribution in [1.29, 1.82) is 5.26 Å². The van der Waals surface area contributed by atoms with Crippen LogP contribution in [0.3, 0.4) is 0 Å². The smallest absolute Gasteiger partial charge is 0.134 e. The van der Waals surface area contributed by atoms with Gasteiger partial charge in [-0.1, -0.05) is 54.1 Å². The number of nitriles is 1. The Hall–Kier alpha value is -2.76. The van der Waals surface area contributed by atoms with Gasteiger partial charge in [0.2, 0.25) is 0 Å². The van der Waals surface area contributed by atoms with E-state index in [1.54, 1.807) is 6.08 Å². The molecular formula is C19H12ClNO. The Morgan fingerprint density at radius 3 is 2.55 bits per heavy atom. The lowest BCUT2D eigenvalue weighted by atomic mass is 10.1. The van der Waals surface area contributed by atoms with Crippen LogP contribution in [0.15, 0.2) is 71.1 Å². The van der Waals surface area contributed by atoms with E-state index in [1.807, 2.05) is 66.7 Å². The predicted octanol–water partition coefficient (Wildman–Crippen LogP) is 5.66. The summed E-state index contributed by atoms with van der Waals surface area (Å²) < 4.78 is 5.79. The summed E-state index contributed by atoms with van der Waals surface area (Å²) in [6, 6.07) is 22.9. The molecule has 1 heterocycles. The van der Waals surface area contributed by atoms with Gasteiger partial charge < -0.3 is 4.42 Å². The number of rotatable bonds is 3. The summed E-state index contributed by atoms with van der Waals surface area (Å²) in [5.41, 5.74) is 2.34. The van der Waals surface area contributed by atoms with Crippen molar-refractivity contribution >= 4 is 23.3 Å². The quantitative estimate of drug-likeness (QED) is 0.585. The van der Waals surface area contributed by atoms with Crippen molar-refractivity contribution in [2.45, 2.75) is 0 Å². The summed E-state index contributed by atoms with van der Waals surface area (Å²) in [5.74, 6) is 1.36. The molecule has 22 heavy (non-hydrogen) atoms. The Balaban J connectivity index is 1.94. The predicted molar refractivity (Wildman–Crippen MR) is 89.1 cm³/mol. The second-order valence-electron chi connectivity index (χ2n) is 4.75. The molecule has 1 aromatic heterocycles. The highest BCUT2D eigenvalue weighted by molar-refractivity contribution is 6.30. The average Bonchev–Trinajstić information content (AvgIpc) is 3.02. The first-order valence-electron chi connectivity index (χ1n) is 6.79. The normalized spacial score (nSPS) is 11.2. The Morgan fingerprint density at radius 2 is 1.82 bits per heavy atom. The molecule has 0 spiro atoms. The van der Waals surface area contributed by atoms with Crippen LogP contribution in [0.1, 0.15) is 11.3 Å². The zero-order valence-corrected chi connectivity index (χ0v) is 12.4. The van der Waals surface area contributed by atoms with Crippen molar-refractivity contribution in [3.8, 4) is 17.4 Å². The first kappa shape index (κ1) is 14.2. The van der Waals surface area contributed by atoms with Gasteiger partial charge in [-0.05, 0) is 35.9 Å². The first-order valence-corrected chi connectivity index (χ1v) is 7.17. The van der Waals surface area contributed by atoms with Crippen LogP contribution in [-0.2, 0) is 0 Å². The van der Waals surface area contributed by atoms with Gasteiger partial charge in [-0.15, -0.1) is 0 Å². The maximum absolute atomic E-state index is 9.32. The van der Waals surface area contributed by atoms with E-state index in [0.29, 0.717) is 16.4 Å². The molecule has 0 radical (unpaired) electrons. The number of hydrogen-bond acceptors (Lipinski definition) is 2. The molecule has 3 heteroatoms. The number of benzene rings is 2. The lowest BCUT2D eigenvalue weighted by Gasteiger charge is -1.98. The molecule has 3 aromatic rings. The molecular weight excluding hydrogens is 294 g/mol. The summed E-state index contributed by atoms with van der Waals surface area (Å²) in [5, 5.41) is 9.98. The van der Waals surface area contributed by atoms with E-state index in [0.717, 1.165) is 16.9 Å². The molecule has 0 saturated carbocycles. The van der Waals surface area contributed by atoms with E-state index < -0.39 is 0 Å². The molecule has 0 amide bonds. The molecule has 0 aliphatic rings. The Labute approximate surface area is 133 Å². The third-order valence-corrected chi connectivity index (χ3v) is 3.46. The van der Waals surface area contributed by atoms with Crippen molar-refractivity contribution in [1.82, 2.24) is 0 Å². The van der Waals surface area contributed by atoms with Crippen molar-refractivity contribution in [3.05, 3.63) is 83.1 Å². The highest BCUT2D eigenvalue weighted by Gasteiger charge is 2.06. The van der Waals surface area contributed by atoms with E-state index in [-0.39, 0.29) is 0 Å². The average molecular weight is 306 g/mol. The summed E-state index contributed by atoms with van der Waals surface area (Å²) in [6.45, 7) is 0. The first-order chi connectivity index (χ1) is 10.8. The van der Waals surface area contributed by atoms with Gasteiger partial charge in [0.25, 0.3) is 0 Å². The summed E-state index contributed by atoms with van der Waals surface area (Å²) in [6.07, 6.45) is 1.74. The van der Waals surface area contributed by atoms with Gasteiger partial charge >= 0.3 is 0 Å². The lowest BCUT2D eigenvalue weighted by Crippen LogP contribution is -1.79. The fourth-order valence-corrected chi connectivity index (χ4v) is 2.36. The molecule has 0 saturated heterocycles. The van der Waals surface area contributed by atoms with Gasteiger partial charge in [0.15, 0.2) is 0 Å². The van der Waals surface area contributed by atoms with Gasteiger partial charge in [0.1, 0.15) is 11.5 Å². The van der Waals surface area contributed by atoms with Gasteiger partial charge in [-0.25, -0.2) is 0 Å². The van der Waals surface area contributed by atoms with Crippen LogP contribution < -0.4 is 0 Å². The molecule has 0 unspecified atom stereocenters. The van der Waals surface area contributed by atoms with Crippen molar-refractivity contribution in [2.24, 2.45) is 0 Å². The monoisotopic (exact) mass is 305 g/mol. The van der Waals surface area contributed by atoms with Crippen molar-refractivity contribution in [3.63, 3.8) is 0 Å². The van der Waals surface area contributed by atoms with Gasteiger partial charge in [0, 0.05) is 10.6 Å². The molecule has 0 aliphatic heterocycles. The van der Waals surface area contributed by atoms with Crippen LogP contribution in [0.25, 0.3) is 23.0 Å². The second-order valence-corrected chi connectivity index (χ2v) is 5.18. The van der Waals surface area contributed by atoms with E-state index in [4.69, 9.17) is 16.0 Å². The van der Waals surface area contributed by atoms with Crippen LogP contribution in [0.2, 0.25) is 5.02 Å². The molecule has 0 atom stereocenters. The minimum absolute atomic E-state index is 0.563. The van der Waals surface area contributed by atoms with E-state index in [1.165, 1.54) is 0 Å². The van der Waals surface area contributed by atoms with Crippen molar-refractivity contribution < 1.29 is 4.42 Å². The summed E-state index contributed by atoms with van der Waals surface area (Å²) in [7, 11) is 0. The molecule has 0 N–H and O–H groups in total. The van der Waals surface area contributed by atoms with Gasteiger partial charge in [0.05, 0.1) is 11.6 Å². The third-order valence-electron chi connectivity index (χ3n) is 3.23. The number of hydrogen-bond donors (Lipinski definition) is 0. The van der Waals surface area contributed by atoms with E-state index in [9.17, 15) is 5.26 Å². The van der Waals surface area contributed by atoms with Crippen molar-refractivity contribution in [2.75, 3.05) is 0 Å². The third kappa shape index (κ3) is 3.11. The van der Waals surface area contributed by atoms with Crippen LogP contribution >= 0.6 is 11.6 Å². The van der Waals surface area contributed by atoms with E-state index in [2.05, 4.69) is 6.07 Å². The minimum atomic E-state index is 0.563. The van der Waals surface area contributed by atoms with Gasteiger partial charge in [-0.3, -0.25) is 0 Å². The lowest BCUT2D eigenvalue weighted by molar-refractivity contribution is 0.572. The molecule has 2 aromatic carbocycles. The van der Waals surface area contributed by atoms with Gasteiger partial charge in [-0.2, -0.15) is 5.26 Å². The molecule has 0 bridgehead atoms. The van der Waals surface area contributed by atoms with Crippen LogP contribution in [0.5, 0.6) is 0 Å².